The zero-order chi connectivity index (χ0) is 13.4. The Bertz CT molecular complexity index is 515. The predicted octanol–water partition coefficient (Wildman–Crippen LogP) is 1.46. The number of halogens is 2. The van der Waals surface area contributed by atoms with Crippen molar-refractivity contribution >= 4 is 33.2 Å². The normalized spacial score (nSPS) is 26.2. The molecule has 1 heterocycles. The molecule has 18 heavy (non-hydrogen) atoms. The molecule has 0 aliphatic heterocycles. The van der Waals surface area contributed by atoms with Crippen LogP contribution in [0, 0.1) is 5.41 Å². The first-order chi connectivity index (χ1) is 8.24. The standard InChI is InChI=1S/C10H15Cl2N3O2S/c1-9(6-10(9,11)12)7-18(16,17)14-5-3-8-2-4-13-15-8/h2,4,14H,3,5-7H2,1H3,(H,13,15). The molecule has 0 aromatic carbocycles. The number of nitrogens with zero attached hydrogens (tertiary/aromatic N) is 1. The van der Waals surface area contributed by atoms with Crippen LogP contribution in [-0.2, 0) is 16.4 Å². The van der Waals surface area contributed by atoms with Gasteiger partial charge in [0.1, 0.15) is 4.33 Å². The molecule has 2 N–H and O–H groups in total. The van der Waals surface area contributed by atoms with E-state index in [0.29, 0.717) is 19.4 Å². The third-order valence-corrected chi connectivity index (χ3v) is 5.99. The highest BCUT2D eigenvalue weighted by molar-refractivity contribution is 7.89. The second-order valence-electron chi connectivity index (χ2n) is 4.93. The van der Waals surface area contributed by atoms with Crippen LogP contribution in [0.4, 0.5) is 0 Å². The highest BCUT2D eigenvalue weighted by atomic mass is 35.5. The predicted molar refractivity (Wildman–Crippen MR) is 71.2 cm³/mol. The van der Waals surface area contributed by atoms with Gasteiger partial charge >= 0.3 is 0 Å². The molecule has 102 valence electrons. The van der Waals surface area contributed by atoms with Crippen molar-refractivity contribution in [2.75, 3.05) is 12.3 Å². The summed E-state index contributed by atoms with van der Waals surface area (Å²) in [6.45, 7) is 2.11. The summed E-state index contributed by atoms with van der Waals surface area (Å²) < 4.78 is 25.3. The Morgan fingerprint density at radius 3 is 2.72 bits per heavy atom. The topological polar surface area (TPSA) is 74.8 Å². The van der Waals surface area contributed by atoms with Gasteiger partial charge in [0.05, 0.1) is 5.75 Å². The minimum Gasteiger partial charge on any atom is -0.283 e. The molecular formula is C10H15Cl2N3O2S. The SMILES string of the molecule is CC1(CS(=O)(=O)NCCc2ccn[nH]2)CC1(Cl)Cl. The maximum atomic E-state index is 11.8. The van der Waals surface area contributed by atoms with Crippen LogP contribution in [0.15, 0.2) is 12.3 Å². The van der Waals surface area contributed by atoms with Gasteiger partial charge in [0, 0.05) is 30.3 Å². The molecule has 1 saturated carbocycles. The third kappa shape index (κ3) is 3.17. The van der Waals surface area contributed by atoms with E-state index in [2.05, 4.69) is 14.9 Å². The average Bonchev–Trinajstić information content (AvgIpc) is 2.64. The minimum absolute atomic E-state index is 0.0457. The molecule has 0 spiro atoms. The van der Waals surface area contributed by atoms with Crippen LogP contribution in [-0.4, -0.2) is 35.2 Å². The number of alkyl halides is 2. The van der Waals surface area contributed by atoms with E-state index in [1.165, 1.54) is 0 Å². The van der Waals surface area contributed by atoms with Gasteiger partial charge in [-0.1, -0.05) is 6.92 Å². The Balaban J connectivity index is 1.82. The summed E-state index contributed by atoms with van der Waals surface area (Å²) >= 11 is 11.9. The highest BCUT2D eigenvalue weighted by Gasteiger charge is 2.64. The third-order valence-electron chi connectivity index (χ3n) is 3.15. The molecule has 2 rings (SSSR count). The fourth-order valence-electron chi connectivity index (χ4n) is 1.84. The summed E-state index contributed by atoms with van der Waals surface area (Å²) in [6.07, 6.45) is 2.71. The Labute approximate surface area is 116 Å². The number of aromatic amines is 1. The van der Waals surface area contributed by atoms with Gasteiger partial charge in [0.2, 0.25) is 10.0 Å². The summed E-state index contributed by atoms with van der Waals surface area (Å²) in [5.74, 6) is -0.0457. The largest absolute Gasteiger partial charge is 0.283 e. The van der Waals surface area contributed by atoms with Crippen LogP contribution in [0.2, 0.25) is 0 Å². The van der Waals surface area contributed by atoms with Crippen molar-refractivity contribution < 1.29 is 8.42 Å². The zero-order valence-electron chi connectivity index (χ0n) is 9.91. The van der Waals surface area contributed by atoms with Gasteiger partial charge in [-0.25, -0.2) is 13.1 Å². The number of sulfonamides is 1. The molecule has 1 aliphatic carbocycles. The molecule has 0 amide bonds. The first-order valence-corrected chi connectivity index (χ1v) is 7.98. The summed E-state index contributed by atoms with van der Waals surface area (Å²) in [7, 11) is -3.35. The van der Waals surface area contributed by atoms with Crippen molar-refractivity contribution in [3.05, 3.63) is 18.0 Å². The van der Waals surface area contributed by atoms with Crippen LogP contribution in [0.3, 0.4) is 0 Å². The van der Waals surface area contributed by atoms with Gasteiger partial charge in [-0.15, -0.1) is 23.2 Å². The van der Waals surface area contributed by atoms with Crippen LogP contribution in [0.5, 0.6) is 0 Å². The lowest BCUT2D eigenvalue weighted by atomic mass is 10.2. The maximum absolute atomic E-state index is 11.8. The monoisotopic (exact) mass is 311 g/mol. The van der Waals surface area contributed by atoms with Crippen LogP contribution < -0.4 is 4.72 Å². The summed E-state index contributed by atoms with van der Waals surface area (Å²) in [6, 6.07) is 1.80. The second kappa shape index (κ2) is 4.67. The molecule has 1 atom stereocenters. The van der Waals surface area contributed by atoms with Crippen molar-refractivity contribution in [3.8, 4) is 0 Å². The molecule has 0 saturated heterocycles. The summed E-state index contributed by atoms with van der Waals surface area (Å²) in [4.78, 5) is 0. The quantitative estimate of drug-likeness (QED) is 0.781. The summed E-state index contributed by atoms with van der Waals surface area (Å²) in [5, 5.41) is 6.56. The molecule has 5 nitrogen and oxygen atoms in total. The smallest absolute Gasteiger partial charge is 0.212 e. The average molecular weight is 312 g/mol. The Kier molecular flexibility index (Phi) is 3.66. The van der Waals surface area contributed by atoms with Crippen molar-refractivity contribution in [3.63, 3.8) is 0 Å². The second-order valence-corrected chi connectivity index (χ2v) is 8.22. The highest BCUT2D eigenvalue weighted by Crippen LogP contribution is 2.64. The van der Waals surface area contributed by atoms with E-state index < -0.39 is 19.8 Å². The van der Waals surface area contributed by atoms with E-state index >= 15 is 0 Å². The van der Waals surface area contributed by atoms with Gasteiger partial charge < -0.3 is 0 Å². The molecular weight excluding hydrogens is 297 g/mol. The molecule has 1 aliphatic rings. The fourth-order valence-corrected chi connectivity index (χ4v) is 4.42. The van der Waals surface area contributed by atoms with E-state index in [1.807, 2.05) is 0 Å². The number of aromatic nitrogens is 2. The van der Waals surface area contributed by atoms with Crippen molar-refractivity contribution in [1.82, 2.24) is 14.9 Å². The van der Waals surface area contributed by atoms with Crippen LogP contribution >= 0.6 is 23.2 Å². The molecule has 0 radical (unpaired) electrons. The van der Waals surface area contributed by atoms with E-state index in [9.17, 15) is 8.42 Å². The zero-order valence-corrected chi connectivity index (χ0v) is 12.2. The Morgan fingerprint density at radius 1 is 1.56 bits per heavy atom. The molecule has 0 bridgehead atoms. The van der Waals surface area contributed by atoms with Gasteiger partial charge in [0.25, 0.3) is 0 Å². The summed E-state index contributed by atoms with van der Waals surface area (Å²) in [5.41, 5.74) is 0.343. The van der Waals surface area contributed by atoms with Crippen molar-refractivity contribution in [2.24, 2.45) is 5.41 Å². The van der Waals surface area contributed by atoms with E-state index in [-0.39, 0.29) is 5.75 Å². The van der Waals surface area contributed by atoms with Crippen LogP contribution in [0.1, 0.15) is 19.0 Å². The molecule has 1 fully saturated rings. The van der Waals surface area contributed by atoms with Gasteiger partial charge in [-0.2, -0.15) is 5.10 Å². The van der Waals surface area contributed by atoms with Gasteiger partial charge in [0.15, 0.2) is 0 Å². The molecule has 1 aromatic heterocycles. The molecule has 1 aromatic rings. The Morgan fingerprint density at radius 2 is 2.22 bits per heavy atom. The number of nitrogens with one attached hydrogen (secondary N) is 2. The lowest BCUT2D eigenvalue weighted by Crippen LogP contribution is -2.32. The van der Waals surface area contributed by atoms with Gasteiger partial charge in [-0.05, 0) is 12.5 Å². The number of rotatable bonds is 6. The number of H-pyrrole nitrogens is 1. The maximum Gasteiger partial charge on any atom is 0.212 e. The minimum atomic E-state index is -3.35. The lowest BCUT2D eigenvalue weighted by molar-refractivity contribution is 0.552. The first-order valence-electron chi connectivity index (χ1n) is 5.58. The van der Waals surface area contributed by atoms with E-state index in [0.717, 1.165) is 5.69 Å². The van der Waals surface area contributed by atoms with E-state index in [4.69, 9.17) is 23.2 Å². The first kappa shape index (κ1) is 14.1. The van der Waals surface area contributed by atoms with E-state index in [1.54, 1.807) is 19.2 Å². The number of hydrogen-bond donors (Lipinski definition) is 2. The lowest BCUT2D eigenvalue weighted by Gasteiger charge is -2.13. The fraction of sp³-hybridized carbons (Fsp3) is 0.700. The molecule has 8 heteroatoms. The van der Waals surface area contributed by atoms with Crippen LogP contribution in [0.25, 0.3) is 0 Å². The van der Waals surface area contributed by atoms with Crippen molar-refractivity contribution in [1.29, 1.82) is 0 Å². The van der Waals surface area contributed by atoms with Gasteiger partial charge in [-0.3, -0.25) is 5.10 Å². The van der Waals surface area contributed by atoms with Crippen molar-refractivity contribution in [2.45, 2.75) is 24.1 Å². The number of hydrogen-bond acceptors (Lipinski definition) is 3. The Hall–Kier alpha value is -0.300. The molecule has 1 unspecified atom stereocenters.